The lowest BCUT2D eigenvalue weighted by Gasteiger charge is -2.16. The molecule has 0 aromatic heterocycles. The number of hydrogen-bond acceptors (Lipinski definition) is 2. The molecule has 0 radical (unpaired) electrons. The number of likely N-dealkylation sites (N-methyl/N-ethyl adjacent to an activating group) is 1. The summed E-state index contributed by atoms with van der Waals surface area (Å²) in [5.74, 6) is -0.130. The molecule has 0 N–H and O–H groups in total. The van der Waals surface area contributed by atoms with Crippen molar-refractivity contribution in [3.63, 3.8) is 0 Å². The highest BCUT2D eigenvalue weighted by Crippen LogP contribution is 2.06. The van der Waals surface area contributed by atoms with Crippen LogP contribution in [0.5, 0.6) is 0 Å². The fourth-order valence-corrected chi connectivity index (χ4v) is 1.71. The summed E-state index contributed by atoms with van der Waals surface area (Å²) in [5.41, 5.74) is 0. The van der Waals surface area contributed by atoms with Gasteiger partial charge in [0.25, 0.3) is 0 Å². The highest BCUT2D eigenvalue weighted by molar-refractivity contribution is 5.72. The third-order valence-electron chi connectivity index (χ3n) is 2.57. The van der Waals surface area contributed by atoms with Gasteiger partial charge in [-0.3, -0.25) is 0 Å². The zero-order chi connectivity index (χ0) is 12.0. The van der Waals surface area contributed by atoms with Crippen molar-refractivity contribution in [2.45, 2.75) is 26.2 Å². The average Bonchev–Trinajstić information content (AvgIpc) is 2.53. The first-order valence-electron chi connectivity index (χ1n) is 5.83. The summed E-state index contributed by atoms with van der Waals surface area (Å²) >= 11 is 0. The molecule has 16 heavy (non-hydrogen) atoms. The average molecular weight is 226 g/mol. The van der Waals surface area contributed by atoms with Gasteiger partial charge in [0, 0.05) is 0 Å². The smallest absolute Gasteiger partial charge is 0.362 e. The van der Waals surface area contributed by atoms with E-state index in [0.29, 0.717) is 17.6 Å². The number of nitrogens with zero attached hydrogens (tertiary/aromatic N) is 2. The molecule has 0 unspecified atom stereocenters. The molecule has 0 bridgehead atoms. The van der Waals surface area contributed by atoms with Gasteiger partial charge in [0.15, 0.2) is 12.7 Å². The zero-order valence-electron chi connectivity index (χ0n) is 10.5. The molecule has 0 fully saturated rings. The van der Waals surface area contributed by atoms with Crippen LogP contribution >= 0.6 is 0 Å². The summed E-state index contributed by atoms with van der Waals surface area (Å²) in [5, 5.41) is 0. The maximum Gasteiger partial charge on any atom is 0.362 e. The lowest BCUT2D eigenvalue weighted by atomic mass is 10.3. The molecule has 0 saturated carbocycles. The van der Waals surface area contributed by atoms with Crippen LogP contribution in [0, 0.1) is 0 Å². The minimum Gasteiger partial charge on any atom is -0.462 e. The van der Waals surface area contributed by atoms with E-state index in [2.05, 4.69) is 6.92 Å². The van der Waals surface area contributed by atoms with Crippen LogP contribution in [0.4, 0.5) is 0 Å². The normalized spacial score (nSPS) is 23.3. The Morgan fingerprint density at radius 3 is 2.75 bits per heavy atom. The number of carbonyl (C=O) groups excluding carboxylic acids is 1. The molecule has 1 heterocycles. The van der Waals surface area contributed by atoms with Gasteiger partial charge >= 0.3 is 12.3 Å². The van der Waals surface area contributed by atoms with Crippen molar-refractivity contribution in [2.75, 3.05) is 27.2 Å². The third kappa shape index (κ3) is 4.14. The molecule has 0 aromatic carbocycles. The van der Waals surface area contributed by atoms with E-state index in [9.17, 15) is 4.79 Å². The minimum atomic E-state index is -0.130. The predicted molar refractivity (Wildman–Crippen MR) is 62.9 cm³/mol. The van der Waals surface area contributed by atoms with Crippen molar-refractivity contribution in [1.29, 1.82) is 0 Å². The van der Waals surface area contributed by atoms with Crippen molar-refractivity contribution in [2.24, 2.45) is 0 Å². The molecule has 1 aliphatic heterocycles. The van der Waals surface area contributed by atoms with Crippen LogP contribution in [0.2, 0.25) is 0 Å². The standard InChI is InChI=1S/C12H22N2O2/c1-4-5-6-9-16-12(15)10-14(3)8-7-13(2)11-14/h7-8,11H,4-6,9-10H2,1-3H3/q+2/t14-/m0/s1. The Balaban J connectivity index is 2.27. The first-order valence-corrected chi connectivity index (χ1v) is 5.83. The van der Waals surface area contributed by atoms with Crippen molar-refractivity contribution < 1.29 is 18.6 Å². The van der Waals surface area contributed by atoms with E-state index >= 15 is 0 Å². The van der Waals surface area contributed by atoms with Gasteiger partial charge in [-0.1, -0.05) is 19.8 Å². The van der Waals surface area contributed by atoms with Crippen LogP contribution in [0.3, 0.4) is 0 Å². The predicted octanol–water partition coefficient (Wildman–Crippen LogP) is 1.32. The van der Waals surface area contributed by atoms with E-state index < -0.39 is 0 Å². The minimum absolute atomic E-state index is 0.130. The van der Waals surface area contributed by atoms with E-state index in [-0.39, 0.29) is 5.97 Å². The Morgan fingerprint density at radius 2 is 2.19 bits per heavy atom. The first-order chi connectivity index (χ1) is 7.56. The number of quaternary nitrogens is 1. The molecule has 0 saturated heterocycles. The second-order valence-corrected chi connectivity index (χ2v) is 4.51. The fraction of sp³-hybridized carbons (Fsp3) is 0.667. The second kappa shape index (κ2) is 5.80. The SMILES string of the molecule is CCCCCOC(=O)C[N@+]1(C)C=C[N+](C)=C1. The molecule has 1 rings (SSSR count). The summed E-state index contributed by atoms with van der Waals surface area (Å²) < 4.78 is 7.62. The number of hydrogen-bond donors (Lipinski definition) is 0. The largest absolute Gasteiger partial charge is 0.462 e. The van der Waals surface area contributed by atoms with Crippen molar-refractivity contribution in [3.8, 4) is 0 Å². The fourth-order valence-electron chi connectivity index (χ4n) is 1.71. The van der Waals surface area contributed by atoms with Crippen LogP contribution in [0.1, 0.15) is 26.2 Å². The monoisotopic (exact) mass is 226 g/mol. The van der Waals surface area contributed by atoms with E-state index in [1.165, 1.54) is 0 Å². The van der Waals surface area contributed by atoms with Crippen LogP contribution in [-0.4, -0.2) is 48.6 Å². The highest BCUT2D eigenvalue weighted by atomic mass is 16.5. The molecule has 1 atom stereocenters. The number of esters is 1. The molecular weight excluding hydrogens is 204 g/mol. The van der Waals surface area contributed by atoms with Gasteiger partial charge in [0.2, 0.25) is 6.20 Å². The van der Waals surface area contributed by atoms with Gasteiger partial charge < -0.3 is 4.74 Å². The van der Waals surface area contributed by atoms with Gasteiger partial charge in [-0.2, -0.15) is 4.58 Å². The van der Waals surface area contributed by atoms with Gasteiger partial charge in [0.05, 0.1) is 13.7 Å². The second-order valence-electron chi connectivity index (χ2n) is 4.51. The zero-order valence-corrected chi connectivity index (χ0v) is 10.5. The molecule has 0 aromatic rings. The van der Waals surface area contributed by atoms with E-state index in [1.54, 1.807) is 0 Å². The van der Waals surface area contributed by atoms with Crippen molar-refractivity contribution in [3.05, 3.63) is 12.4 Å². The molecular formula is C12H22N2O2+2. The van der Waals surface area contributed by atoms with Crippen LogP contribution in [0.15, 0.2) is 12.4 Å². The van der Waals surface area contributed by atoms with Gasteiger partial charge in [-0.25, -0.2) is 9.28 Å². The Kier molecular flexibility index (Phi) is 4.68. The summed E-state index contributed by atoms with van der Waals surface area (Å²) in [6.45, 7) is 3.05. The Bertz CT molecular complexity index is 310. The summed E-state index contributed by atoms with van der Waals surface area (Å²) in [6.07, 6.45) is 9.14. The number of unbranched alkanes of at least 4 members (excludes halogenated alkanes) is 2. The number of rotatable bonds is 6. The molecule has 0 amide bonds. The maximum atomic E-state index is 11.6. The first kappa shape index (κ1) is 12.9. The van der Waals surface area contributed by atoms with Crippen LogP contribution < -0.4 is 0 Å². The quantitative estimate of drug-likeness (QED) is 0.296. The van der Waals surface area contributed by atoms with E-state index in [4.69, 9.17) is 4.74 Å². The van der Waals surface area contributed by atoms with Crippen molar-refractivity contribution in [1.82, 2.24) is 0 Å². The highest BCUT2D eigenvalue weighted by Gasteiger charge is 2.30. The summed E-state index contributed by atoms with van der Waals surface area (Å²) in [7, 11) is 3.93. The van der Waals surface area contributed by atoms with Crippen LogP contribution in [-0.2, 0) is 9.53 Å². The Hall–Kier alpha value is -1.16. The molecule has 0 spiro atoms. The molecule has 90 valence electrons. The Morgan fingerprint density at radius 1 is 1.44 bits per heavy atom. The lowest BCUT2D eigenvalue weighted by molar-refractivity contribution is -0.759. The molecule has 4 heteroatoms. The van der Waals surface area contributed by atoms with Crippen molar-refractivity contribution >= 4 is 12.3 Å². The van der Waals surface area contributed by atoms with E-state index in [1.807, 2.05) is 37.4 Å². The molecule has 4 nitrogen and oxygen atoms in total. The Labute approximate surface area is 97.4 Å². The molecule has 1 aliphatic rings. The van der Waals surface area contributed by atoms with E-state index in [0.717, 1.165) is 19.3 Å². The van der Waals surface area contributed by atoms with Gasteiger partial charge in [-0.05, 0) is 6.42 Å². The van der Waals surface area contributed by atoms with Gasteiger partial charge in [-0.15, -0.1) is 0 Å². The summed E-state index contributed by atoms with van der Waals surface area (Å²) in [4.78, 5) is 11.6. The number of carbonyl (C=O) groups is 1. The maximum absolute atomic E-state index is 11.6. The number of ether oxygens (including phenoxy) is 1. The summed E-state index contributed by atoms with van der Waals surface area (Å²) in [6, 6.07) is 0. The topological polar surface area (TPSA) is 29.3 Å². The molecule has 0 aliphatic carbocycles. The third-order valence-corrected chi connectivity index (χ3v) is 2.57. The van der Waals surface area contributed by atoms with Gasteiger partial charge in [0.1, 0.15) is 7.05 Å². The lowest BCUT2D eigenvalue weighted by Crippen LogP contribution is -2.41. The van der Waals surface area contributed by atoms with Crippen LogP contribution in [0.25, 0.3) is 0 Å².